The molecule has 9 heteroatoms. The van der Waals surface area contributed by atoms with Crippen LogP contribution in [0.2, 0.25) is 0 Å². The van der Waals surface area contributed by atoms with Crippen LogP contribution >= 0.6 is 0 Å². The first kappa shape index (κ1) is 23.0. The molecule has 0 spiro atoms. The number of pyridine rings is 1. The molecule has 0 radical (unpaired) electrons. The third-order valence-electron chi connectivity index (χ3n) is 5.27. The predicted octanol–water partition coefficient (Wildman–Crippen LogP) is 5.85. The highest BCUT2D eigenvalue weighted by Gasteiger charge is 2.35. The molecule has 0 fully saturated rings. The molecule has 0 unspecified atom stereocenters. The highest BCUT2D eigenvalue weighted by atomic mass is 19.4. The molecule has 4 aromatic rings. The van der Waals surface area contributed by atoms with E-state index in [1.54, 1.807) is 36.7 Å². The zero-order valence-electron chi connectivity index (χ0n) is 17.9. The second-order valence-electron chi connectivity index (χ2n) is 7.53. The van der Waals surface area contributed by atoms with Gasteiger partial charge < -0.3 is 5.32 Å². The summed E-state index contributed by atoms with van der Waals surface area (Å²) in [6, 6.07) is 13.1. The number of alkyl halides is 3. The van der Waals surface area contributed by atoms with Crippen LogP contribution in [-0.2, 0) is 12.6 Å². The van der Waals surface area contributed by atoms with Gasteiger partial charge in [0.2, 0.25) is 0 Å². The van der Waals surface area contributed by atoms with E-state index in [9.17, 15) is 22.4 Å². The maximum Gasteiger partial charge on any atom is 0.419 e. The minimum atomic E-state index is -4.87. The molecule has 2 aromatic carbocycles. The van der Waals surface area contributed by atoms with E-state index in [0.717, 1.165) is 34.5 Å². The van der Waals surface area contributed by atoms with Gasteiger partial charge in [-0.25, -0.2) is 14.4 Å². The first-order valence-electron chi connectivity index (χ1n) is 10.2. The lowest BCUT2D eigenvalue weighted by atomic mass is 9.97. The number of carbonyl (C=O) groups excluding carboxylic acids is 1. The van der Waals surface area contributed by atoms with Crippen molar-refractivity contribution < 1.29 is 22.4 Å². The van der Waals surface area contributed by atoms with Crippen LogP contribution in [0, 0.1) is 12.7 Å². The smallest absolute Gasteiger partial charge is 0.319 e. The molecule has 0 saturated heterocycles. The average molecular weight is 466 g/mol. The van der Waals surface area contributed by atoms with Crippen molar-refractivity contribution in [3.8, 4) is 11.3 Å². The first-order valence-corrected chi connectivity index (χ1v) is 10.2. The predicted molar refractivity (Wildman–Crippen MR) is 119 cm³/mol. The fraction of sp³-hybridized carbons (Fsp3) is 0.120. The van der Waals surface area contributed by atoms with E-state index >= 15 is 0 Å². The summed E-state index contributed by atoms with van der Waals surface area (Å²) in [5, 5.41) is 2.24. The van der Waals surface area contributed by atoms with E-state index in [2.05, 4.69) is 20.3 Å². The summed E-state index contributed by atoms with van der Waals surface area (Å²) in [5.41, 5.74) is 2.10. The van der Waals surface area contributed by atoms with E-state index in [0.29, 0.717) is 18.2 Å². The number of amides is 1. The van der Waals surface area contributed by atoms with Crippen LogP contribution in [0.5, 0.6) is 0 Å². The molecule has 2 heterocycles. The van der Waals surface area contributed by atoms with Gasteiger partial charge in [-0.2, -0.15) is 13.2 Å². The van der Waals surface area contributed by atoms with Crippen molar-refractivity contribution in [2.24, 2.45) is 0 Å². The summed E-state index contributed by atoms with van der Waals surface area (Å²) in [6.07, 6.45) is 0.233. The van der Waals surface area contributed by atoms with Crippen LogP contribution in [0.1, 0.15) is 32.7 Å². The van der Waals surface area contributed by atoms with Gasteiger partial charge >= 0.3 is 6.18 Å². The van der Waals surface area contributed by atoms with E-state index in [4.69, 9.17) is 0 Å². The number of anilines is 1. The van der Waals surface area contributed by atoms with Crippen LogP contribution < -0.4 is 5.32 Å². The maximum atomic E-state index is 14.3. The Hall–Kier alpha value is -4.14. The minimum absolute atomic E-state index is 0.178. The molecule has 0 atom stereocenters. The van der Waals surface area contributed by atoms with Gasteiger partial charge in [-0.1, -0.05) is 12.1 Å². The molecule has 34 heavy (non-hydrogen) atoms. The molecule has 0 aliphatic rings. The Morgan fingerprint density at radius 2 is 1.82 bits per heavy atom. The van der Waals surface area contributed by atoms with Gasteiger partial charge in [0, 0.05) is 29.9 Å². The Kier molecular flexibility index (Phi) is 6.36. The average Bonchev–Trinajstić information content (AvgIpc) is 2.82. The third-order valence-corrected chi connectivity index (χ3v) is 5.27. The fourth-order valence-electron chi connectivity index (χ4n) is 3.49. The maximum absolute atomic E-state index is 14.3. The van der Waals surface area contributed by atoms with Crippen LogP contribution in [0.15, 0.2) is 73.3 Å². The summed E-state index contributed by atoms with van der Waals surface area (Å²) >= 11 is 0. The Labute approximate surface area is 192 Å². The third kappa shape index (κ3) is 4.93. The Balaban J connectivity index is 1.62. The summed E-state index contributed by atoms with van der Waals surface area (Å²) < 4.78 is 53.3. The number of carbonyl (C=O) groups is 1. The molecule has 0 saturated carbocycles. The summed E-state index contributed by atoms with van der Waals surface area (Å²) in [6.45, 7) is 1.87. The standard InChI is InChI=1S/C25H18F4N4O/c1-15-7-8-16(24(34)33-21-6-2-5-19(23(21)26)25(27,28)29)12-17(15)13-22-18(4-3-10-31-22)20-9-11-30-14-32-20/h2-12,14H,13H2,1H3,(H,33,34). The number of hydrogen-bond donors (Lipinski definition) is 1. The lowest BCUT2D eigenvalue weighted by molar-refractivity contribution is -0.139. The van der Waals surface area contributed by atoms with Gasteiger partial charge in [0.05, 0.1) is 22.6 Å². The summed E-state index contributed by atoms with van der Waals surface area (Å²) in [5.74, 6) is -2.25. The fourth-order valence-corrected chi connectivity index (χ4v) is 3.49. The van der Waals surface area contributed by atoms with Crippen molar-refractivity contribution in [3.05, 3.63) is 107 Å². The number of nitrogens with one attached hydrogen (secondary N) is 1. The van der Waals surface area contributed by atoms with Crippen molar-refractivity contribution in [2.75, 3.05) is 5.32 Å². The van der Waals surface area contributed by atoms with Crippen molar-refractivity contribution in [1.29, 1.82) is 0 Å². The Bertz CT molecular complexity index is 1340. The Morgan fingerprint density at radius 1 is 1.00 bits per heavy atom. The molecule has 0 bridgehead atoms. The first-order chi connectivity index (χ1) is 16.2. The van der Waals surface area contributed by atoms with Gasteiger partial charge in [-0.15, -0.1) is 0 Å². The van der Waals surface area contributed by atoms with Crippen LogP contribution in [0.4, 0.5) is 23.2 Å². The molecule has 2 aromatic heterocycles. The second kappa shape index (κ2) is 9.38. The zero-order chi connectivity index (χ0) is 24.3. The largest absolute Gasteiger partial charge is 0.419 e. The number of halogens is 4. The lowest BCUT2D eigenvalue weighted by Gasteiger charge is -2.14. The van der Waals surface area contributed by atoms with E-state index in [-0.39, 0.29) is 5.56 Å². The number of hydrogen-bond acceptors (Lipinski definition) is 4. The second-order valence-corrected chi connectivity index (χ2v) is 7.53. The molecule has 1 N–H and O–H groups in total. The van der Waals surface area contributed by atoms with E-state index < -0.39 is 29.2 Å². The molecular weight excluding hydrogens is 448 g/mol. The van der Waals surface area contributed by atoms with Gasteiger partial charge in [0.1, 0.15) is 6.33 Å². The minimum Gasteiger partial charge on any atom is -0.319 e. The SMILES string of the molecule is Cc1ccc(C(=O)Nc2cccc(C(F)(F)F)c2F)cc1Cc1ncccc1-c1ccncn1. The lowest BCUT2D eigenvalue weighted by Crippen LogP contribution is -2.16. The summed E-state index contributed by atoms with van der Waals surface area (Å²) in [7, 11) is 0. The van der Waals surface area contributed by atoms with Crippen LogP contribution in [0.3, 0.4) is 0 Å². The van der Waals surface area contributed by atoms with Crippen LogP contribution in [0.25, 0.3) is 11.3 Å². The van der Waals surface area contributed by atoms with E-state index in [1.165, 1.54) is 12.4 Å². The van der Waals surface area contributed by atoms with Gasteiger partial charge in [0.25, 0.3) is 5.91 Å². The highest BCUT2D eigenvalue weighted by molar-refractivity contribution is 6.04. The molecule has 0 aliphatic carbocycles. The topological polar surface area (TPSA) is 67.8 Å². The van der Waals surface area contributed by atoms with Crippen molar-refractivity contribution in [1.82, 2.24) is 15.0 Å². The molecular formula is C25H18F4N4O. The van der Waals surface area contributed by atoms with Gasteiger partial charge in [-0.3, -0.25) is 9.78 Å². The number of benzene rings is 2. The molecule has 0 aliphatic heterocycles. The molecule has 5 nitrogen and oxygen atoms in total. The highest BCUT2D eigenvalue weighted by Crippen LogP contribution is 2.34. The molecule has 172 valence electrons. The molecule has 1 amide bonds. The number of nitrogens with zero attached hydrogens (tertiary/aromatic N) is 3. The van der Waals surface area contributed by atoms with Gasteiger partial charge in [-0.05, 0) is 60.5 Å². The number of aromatic nitrogens is 3. The van der Waals surface area contributed by atoms with Crippen molar-refractivity contribution in [3.63, 3.8) is 0 Å². The number of rotatable bonds is 5. The quantitative estimate of drug-likeness (QED) is 0.375. The Morgan fingerprint density at radius 3 is 2.56 bits per heavy atom. The number of aryl methyl sites for hydroxylation is 1. The van der Waals surface area contributed by atoms with Crippen molar-refractivity contribution in [2.45, 2.75) is 19.5 Å². The zero-order valence-corrected chi connectivity index (χ0v) is 17.9. The molecule has 4 rings (SSSR count). The monoisotopic (exact) mass is 466 g/mol. The van der Waals surface area contributed by atoms with Gasteiger partial charge in [0.15, 0.2) is 5.82 Å². The summed E-state index contributed by atoms with van der Waals surface area (Å²) in [4.78, 5) is 25.4. The van der Waals surface area contributed by atoms with E-state index in [1.807, 2.05) is 13.0 Å². The van der Waals surface area contributed by atoms with Crippen molar-refractivity contribution >= 4 is 11.6 Å². The van der Waals surface area contributed by atoms with Crippen LogP contribution in [-0.4, -0.2) is 20.9 Å². The normalized spacial score (nSPS) is 11.3.